The first-order valence-corrected chi connectivity index (χ1v) is 7.85. The summed E-state index contributed by atoms with van der Waals surface area (Å²) in [6.45, 7) is 1.90. The van der Waals surface area contributed by atoms with Crippen molar-refractivity contribution >= 4 is 22.5 Å². The molecule has 1 fully saturated rings. The number of hydrogen-bond acceptors (Lipinski definition) is 4. The summed E-state index contributed by atoms with van der Waals surface area (Å²) in [4.78, 5) is 21.8. The van der Waals surface area contributed by atoms with Gasteiger partial charge in [0, 0.05) is 24.8 Å². The summed E-state index contributed by atoms with van der Waals surface area (Å²) in [5, 5.41) is 3.99. The Kier molecular flexibility index (Phi) is 3.46. The molecular formula is C18H18N4O. The van der Waals surface area contributed by atoms with E-state index < -0.39 is 0 Å². The first kappa shape index (κ1) is 13.8. The molecule has 0 amide bonds. The second-order valence-electron chi connectivity index (χ2n) is 5.84. The predicted molar refractivity (Wildman–Crippen MR) is 93.0 cm³/mol. The molecule has 4 rings (SSSR count). The summed E-state index contributed by atoms with van der Waals surface area (Å²) in [6.07, 6.45) is 1.02. The Morgan fingerprint density at radius 3 is 2.74 bits per heavy atom. The number of nitrogens with zero attached hydrogens (tertiary/aromatic N) is 2. The zero-order valence-electron chi connectivity index (χ0n) is 12.7. The molecule has 0 aliphatic carbocycles. The van der Waals surface area contributed by atoms with E-state index in [4.69, 9.17) is 0 Å². The number of rotatable bonds is 3. The molecule has 1 aliphatic heterocycles. The standard InChI is InChI=1S/C18H18N4O/c23-17-15-8-4-5-9-16(15)20-18(21-17)19-13-10-11-22(12-13)14-6-2-1-3-7-14/h1-9,13H,10-12H2,(H2,19,20,21,23)/t13-/m1/s1. The first-order chi connectivity index (χ1) is 11.3. The number of para-hydroxylation sites is 2. The highest BCUT2D eigenvalue weighted by Gasteiger charge is 2.23. The van der Waals surface area contributed by atoms with Crippen LogP contribution >= 0.6 is 0 Å². The molecule has 2 heterocycles. The minimum Gasteiger partial charge on any atom is -0.369 e. The molecule has 0 spiro atoms. The third kappa shape index (κ3) is 2.77. The first-order valence-electron chi connectivity index (χ1n) is 7.85. The SMILES string of the molecule is O=c1[nH]c(N[C@@H]2CCN(c3ccccc3)C2)nc2ccccc12. The smallest absolute Gasteiger partial charge is 0.260 e. The van der Waals surface area contributed by atoms with Gasteiger partial charge in [0.1, 0.15) is 0 Å². The van der Waals surface area contributed by atoms with Gasteiger partial charge in [0.2, 0.25) is 5.95 Å². The Morgan fingerprint density at radius 2 is 1.87 bits per heavy atom. The Morgan fingerprint density at radius 1 is 1.09 bits per heavy atom. The van der Waals surface area contributed by atoms with Crippen molar-refractivity contribution in [2.75, 3.05) is 23.3 Å². The largest absolute Gasteiger partial charge is 0.369 e. The normalized spacial score (nSPS) is 17.6. The van der Waals surface area contributed by atoms with Crippen LogP contribution in [0.1, 0.15) is 6.42 Å². The van der Waals surface area contributed by atoms with E-state index in [-0.39, 0.29) is 11.6 Å². The van der Waals surface area contributed by atoms with Crippen LogP contribution in [-0.4, -0.2) is 29.1 Å². The molecule has 0 unspecified atom stereocenters. The van der Waals surface area contributed by atoms with E-state index in [1.807, 2.05) is 24.3 Å². The highest BCUT2D eigenvalue weighted by Crippen LogP contribution is 2.21. The van der Waals surface area contributed by atoms with Gasteiger partial charge in [0.25, 0.3) is 5.56 Å². The predicted octanol–water partition coefficient (Wildman–Crippen LogP) is 2.61. The van der Waals surface area contributed by atoms with Gasteiger partial charge in [-0.15, -0.1) is 0 Å². The Bertz CT molecular complexity index is 875. The maximum Gasteiger partial charge on any atom is 0.260 e. The lowest BCUT2D eigenvalue weighted by Gasteiger charge is -2.19. The van der Waals surface area contributed by atoms with E-state index in [2.05, 4.69) is 44.5 Å². The number of hydrogen-bond donors (Lipinski definition) is 2. The number of anilines is 2. The van der Waals surface area contributed by atoms with Crippen LogP contribution in [0.5, 0.6) is 0 Å². The summed E-state index contributed by atoms with van der Waals surface area (Å²) < 4.78 is 0. The van der Waals surface area contributed by atoms with Gasteiger partial charge in [-0.1, -0.05) is 30.3 Å². The van der Waals surface area contributed by atoms with E-state index in [0.717, 1.165) is 25.0 Å². The molecule has 5 nitrogen and oxygen atoms in total. The molecular weight excluding hydrogens is 288 g/mol. The van der Waals surface area contributed by atoms with E-state index in [0.29, 0.717) is 11.3 Å². The summed E-state index contributed by atoms with van der Waals surface area (Å²) >= 11 is 0. The van der Waals surface area contributed by atoms with Crippen molar-refractivity contribution in [1.29, 1.82) is 0 Å². The average molecular weight is 306 g/mol. The number of aromatic amines is 1. The molecule has 2 N–H and O–H groups in total. The van der Waals surface area contributed by atoms with Crippen molar-refractivity contribution in [1.82, 2.24) is 9.97 Å². The van der Waals surface area contributed by atoms with Gasteiger partial charge >= 0.3 is 0 Å². The molecule has 2 aromatic carbocycles. The van der Waals surface area contributed by atoms with Gasteiger partial charge in [0.05, 0.1) is 10.9 Å². The van der Waals surface area contributed by atoms with Crippen LogP contribution in [0.2, 0.25) is 0 Å². The summed E-state index contributed by atoms with van der Waals surface area (Å²) in [7, 11) is 0. The maximum atomic E-state index is 12.1. The van der Waals surface area contributed by atoms with Gasteiger partial charge in [-0.3, -0.25) is 9.78 Å². The quantitative estimate of drug-likeness (QED) is 0.781. The second kappa shape index (κ2) is 5.76. The highest BCUT2D eigenvalue weighted by atomic mass is 16.1. The Hall–Kier alpha value is -2.82. The van der Waals surface area contributed by atoms with Crippen molar-refractivity contribution in [2.24, 2.45) is 0 Å². The molecule has 1 aromatic heterocycles. The highest BCUT2D eigenvalue weighted by molar-refractivity contribution is 5.78. The van der Waals surface area contributed by atoms with Crippen molar-refractivity contribution in [3.63, 3.8) is 0 Å². The molecule has 0 radical (unpaired) electrons. The number of aromatic nitrogens is 2. The van der Waals surface area contributed by atoms with E-state index in [1.165, 1.54) is 5.69 Å². The summed E-state index contributed by atoms with van der Waals surface area (Å²) in [5.41, 5.74) is 1.85. The van der Waals surface area contributed by atoms with Crippen LogP contribution < -0.4 is 15.8 Å². The minimum atomic E-state index is -0.101. The van der Waals surface area contributed by atoms with Crippen LogP contribution in [0.15, 0.2) is 59.4 Å². The van der Waals surface area contributed by atoms with Crippen LogP contribution in [0.3, 0.4) is 0 Å². The maximum absolute atomic E-state index is 12.1. The fourth-order valence-corrected chi connectivity index (χ4v) is 3.10. The van der Waals surface area contributed by atoms with Crippen LogP contribution in [0, 0.1) is 0 Å². The molecule has 1 atom stereocenters. The van der Waals surface area contributed by atoms with Crippen molar-refractivity contribution in [2.45, 2.75) is 12.5 Å². The second-order valence-corrected chi connectivity index (χ2v) is 5.84. The van der Waals surface area contributed by atoms with Crippen LogP contribution in [-0.2, 0) is 0 Å². The molecule has 3 aromatic rings. The van der Waals surface area contributed by atoms with Crippen LogP contribution in [0.25, 0.3) is 10.9 Å². The lowest BCUT2D eigenvalue weighted by atomic mass is 10.2. The molecule has 0 bridgehead atoms. The average Bonchev–Trinajstić information content (AvgIpc) is 3.04. The number of nitrogens with one attached hydrogen (secondary N) is 2. The fraction of sp³-hybridized carbons (Fsp3) is 0.222. The van der Waals surface area contributed by atoms with Gasteiger partial charge in [-0.2, -0.15) is 0 Å². The molecule has 0 saturated carbocycles. The fourth-order valence-electron chi connectivity index (χ4n) is 3.10. The topological polar surface area (TPSA) is 61.0 Å². The van der Waals surface area contributed by atoms with Gasteiger partial charge in [-0.05, 0) is 30.7 Å². The Balaban J connectivity index is 1.52. The van der Waals surface area contributed by atoms with Gasteiger partial charge in [0.15, 0.2) is 0 Å². The van der Waals surface area contributed by atoms with E-state index in [1.54, 1.807) is 6.07 Å². The summed E-state index contributed by atoms with van der Waals surface area (Å²) in [5.74, 6) is 0.550. The summed E-state index contributed by atoms with van der Waals surface area (Å²) in [6, 6.07) is 18.1. The number of benzene rings is 2. The molecule has 1 aliphatic rings. The lowest BCUT2D eigenvalue weighted by Crippen LogP contribution is -2.27. The van der Waals surface area contributed by atoms with Crippen molar-refractivity contribution in [3.8, 4) is 0 Å². The molecule has 23 heavy (non-hydrogen) atoms. The molecule has 116 valence electrons. The monoisotopic (exact) mass is 306 g/mol. The van der Waals surface area contributed by atoms with Crippen LogP contribution in [0.4, 0.5) is 11.6 Å². The minimum absolute atomic E-state index is 0.101. The van der Waals surface area contributed by atoms with Crippen molar-refractivity contribution in [3.05, 3.63) is 65.0 Å². The lowest BCUT2D eigenvalue weighted by molar-refractivity contribution is 0.793. The third-order valence-electron chi connectivity index (χ3n) is 4.26. The Labute approximate surface area is 134 Å². The van der Waals surface area contributed by atoms with Crippen molar-refractivity contribution < 1.29 is 0 Å². The van der Waals surface area contributed by atoms with E-state index >= 15 is 0 Å². The molecule has 1 saturated heterocycles. The zero-order chi connectivity index (χ0) is 15.6. The zero-order valence-corrected chi connectivity index (χ0v) is 12.7. The third-order valence-corrected chi connectivity index (χ3v) is 4.26. The number of fused-ring (bicyclic) bond motifs is 1. The number of H-pyrrole nitrogens is 1. The molecule has 5 heteroatoms. The van der Waals surface area contributed by atoms with Gasteiger partial charge in [-0.25, -0.2) is 4.98 Å². The van der Waals surface area contributed by atoms with Gasteiger partial charge < -0.3 is 10.2 Å². The van der Waals surface area contributed by atoms with E-state index in [9.17, 15) is 4.79 Å².